The monoisotopic (exact) mass is 443 g/mol. The van der Waals surface area contributed by atoms with Crippen LogP contribution in [-0.2, 0) is 6.61 Å². The number of hydrogen-bond donors (Lipinski definition) is 2. The number of hydrogen-bond acceptors (Lipinski definition) is 6. The molecule has 4 aromatic rings. The molecule has 0 saturated heterocycles. The zero-order valence-corrected chi connectivity index (χ0v) is 18.5. The molecule has 32 heavy (non-hydrogen) atoms. The lowest BCUT2D eigenvalue weighted by atomic mass is 10.1. The van der Waals surface area contributed by atoms with Gasteiger partial charge in [0, 0.05) is 34.4 Å². The molecule has 2 heterocycles. The summed E-state index contributed by atoms with van der Waals surface area (Å²) in [6.45, 7) is 4.41. The van der Waals surface area contributed by atoms with Crippen LogP contribution in [0, 0.1) is 17.8 Å². The molecule has 0 atom stereocenters. The minimum atomic E-state index is 0.258. The minimum Gasteiger partial charge on any atom is -0.486 e. The third-order valence-electron chi connectivity index (χ3n) is 4.60. The van der Waals surface area contributed by atoms with Crippen LogP contribution in [0.25, 0.3) is 10.9 Å². The molecule has 3 N–H and O–H groups in total. The number of pyridine rings is 1. The van der Waals surface area contributed by atoms with E-state index in [4.69, 9.17) is 22.1 Å². The van der Waals surface area contributed by atoms with E-state index in [1.807, 2.05) is 56.3 Å². The second kappa shape index (κ2) is 9.54. The summed E-state index contributed by atoms with van der Waals surface area (Å²) in [6, 6.07) is 14.9. The standard InChI is InChI=1S/C25H22ClN5O/c1-16(2)6-7-17-11-23-20(13-22(17)27)25(30-15-29-23)31-18-8-9-24(21(26)12-18)32-14-19-5-3-4-10-28-19/h3-5,8-13,15-16H,14,27H2,1-2H3,(H,29,30,31). The van der Waals surface area contributed by atoms with Crippen molar-refractivity contribution in [3.8, 4) is 17.6 Å². The molecule has 160 valence electrons. The van der Waals surface area contributed by atoms with Crippen molar-refractivity contribution in [2.45, 2.75) is 20.5 Å². The Morgan fingerprint density at radius 3 is 2.72 bits per heavy atom. The van der Waals surface area contributed by atoms with Crippen LogP contribution in [0.5, 0.6) is 5.75 Å². The first kappa shape index (κ1) is 21.4. The van der Waals surface area contributed by atoms with Crippen LogP contribution in [-0.4, -0.2) is 15.0 Å². The fraction of sp³-hybridized carbons (Fsp3) is 0.160. The molecular formula is C25H22ClN5O. The van der Waals surface area contributed by atoms with Crippen LogP contribution in [0.3, 0.4) is 0 Å². The number of nitrogens with zero attached hydrogens (tertiary/aromatic N) is 3. The van der Waals surface area contributed by atoms with Crippen molar-refractivity contribution in [1.29, 1.82) is 0 Å². The Balaban J connectivity index is 1.56. The zero-order chi connectivity index (χ0) is 22.5. The predicted molar refractivity (Wildman–Crippen MR) is 129 cm³/mol. The van der Waals surface area contributed by atoms with Gasteiger partial charge < -0.3 is 15.8 Å². The first-order valence-corrected chi connectivity index (χ1v) is 10.5. The molecule has 0 aliphatic heterocycles. The first-order chi connectivity index (χ1) is 15.5. The molecule has 0 radical (unpaired) electrons. The number of rotatable bonds is 5. The Hall–Kier alpha value is -3.82. The number of nitrogens with one attached hydrogen (secondary N) is 1. The Bertz CT molecular complexity index is 1310. The molecule has 6 nitrogen and oxygen atoms in total. The fourth-order valence-electron chi connectivity index (χ4n) is 3.02. The maximum atomic E-state index is 6.43. The van der Waals surface area contributed by atoms with E-state index in [-0.39, 0.29) is 5.92 Å². The summed E-state index contributed by atoms with van der Waals surface area (Å²) in [5.74, 6) is 7.72. The van der Waals surface area contributed by atoms with Crippen molar-refractivity contribution in [2.24, 2.45) is 5.92 Å². The number of anilines is 3. The normalized spacial score (nSPS) is 10.6. The molecule has 0 aliphatic rings. The molecule has 0 fully saturated rings. The highest BCUT2D eigenvalue weighted by molar-refractivity contribution is 6.32. The summed E-state index contributed by atoms with van der Waals surface area (Å²) < 4.78 is 5.79. The Morgan fingerprint density at radius 2 is 1.97 bits per heavy atom. The largest absolute Gasteiger partial charge is 0.486 e. The lowest BCUT2D eigenvalue weighted by Gasteiger charge is -2.12. The van der Waals surface area contributed by atoms with Crippen molar-refractivity contribution in [3.63, 3.8) is 0 Å². The molecular weight excluding hydrogens is 422 g/mol. The molecule has 0 amide bonds. The van der Waals surface area contributed by atoms with E-state index in [0.717, 1.165) is 27.8 Å². The fourth-order valence-corrected chi connectivity index (χ4v) is 3.25. The van der Waals surface area contributed by atoms with Crippen molar-refractivity contribution in [2.75, 3.05) is 11.1 Å². The van der Waals surface area contributed by atoms with Gasteiger partial charge in [-0.25, -0.2) is 9.97 Å². The van der Waals surface area contributed by atoms with Gasteiger partial charge in [0.25, 0.3) is 0 Å². The highest BCUT2D eigenvalue weighted by Gasteiger charge is 2.10. The van der Waals surface area contributed by atoms with Gasteiger partial charge >= 0.3 is 0 Å². The maximum Gasteiger partial charge on any atom is 0.141 e. The van der Waals surface area contributed by atoms with Crippen LogP contribution >= 0.6 is 11.6 Å². The Labute approximate surface area is 191 Å². The number of ether oxygens (including phenoxy) is 1. The van der Waals surface area contributed by atoms with Gasteiger partial charge in [0.1, 0.15) is 24.5 Å². The van der Waals surface area contributed by atoms with E-state index in [0.29, 0.717) is 28.9 Å². The molecule has 0 spiro atoms. The van der Waals surface area contributed by atoms with Gasteiger partial charge in [-0.3, -0.25) is 4.98 Å². The van der Waals surface area contributed by atoms with E-state index < -0.39 is 0 Å². The maximum absolute atomic E-state index is 6.43. The van der Waals surface area contributed by atoms with E-state index in [1.165, 1.54) is 6.33 Å². The summed E-state index contributed by atoms with van der Waals surface area (Å²) in [7, 11) is 0. The summed E-state index contributed by atoms with van der Waals surface area (Å²) in [6.07, 6.45) is 3.23. The van der Waals surface area contributed by atoms with Gasteiger partial charge in [0.15, 0.2) is 0 Å². The topological polar surface area (TPSA) is 86.0 Å². The van der Waals surface area contributed by atoms with E-state index in [1.54, 1.807) is 12.3 Å². The average molecular weight is 444 g/mol. The van der Waals surface area contributed by atoms with Gasteiger partial charge in [-0.1, -0.05) is 43.4 Å². The molecule has 2 aromatic heterocycles. The summed E-state index contributed by atoms with van der Waals surface area (Å²) in [4.78, 5) is 13.0. The number of aromatic nitrogens is 3. The lowest BCUT2D eigenvalue weighted by molar-refractivity contribution is 0.301. The van der Waals surface area contributed by atoms with Crippen LogP contribution in [0.4, 0.5) is 17.2 Å². The zero-order valence-electron chi connectivity index (χ0n) is 17.8. The van der Waals surface area contributed by atoms with Crippen molar-refractivity contribution < 1.29 is 4.74 Å². The second-order valence-electron chi connectivity index (χ2n) is 7.48. The second-order valence-corrected chi connectivity index (χ2v) is 7.89. The smallest absolute Gasteiger partial charge is 0.141 e. The molecule has 7 heteroatoms. The number of nitrogen functional groups attached to an aromatic ring is 1. The molecule has 0 aliphatic carbocycles. The van der Waals surface area contributed by atoms with Crippen LogP contribution in [0.15, 0.2) is 61.1 Å². The Kier molecular flexibility index (Phi) is 6.39. The van der Waals surface area contributed by atoms with E-state index in [2.05, 4.69) is 32.1 Å². The number of fused-ring (bicyclic) bond motifs is 1. The molecule has 2 aromatic carbocycles. The van der Waals surface area contributed by atoms with Crippen LogP contribution in [0.1, 0.15) is 25.1 Å². The van der Waals surface area contributed by atoms with Crippen LogP contribution < -0.4 is 15.8 Å². The SMILES string of the molecule is CC(C)C#Cc1cc2ncnc(Nc3ccc(OCc4ccccn4)c(Cl)c3)c2cc1N. The highest BCUT2D eigenvalue weighted by atomic mass is 35.5. The number of nitrogens with two attached hydrogens (primary N) is 1. The minimum absolute atomic E-state index is 0.258. The quantitative estimate of drug-likeness (QED) is 0.309. The summed E-state index contributed by atoms with van der Waals surface area (Å²) >= 11 is 6.43. The van der Waals surface area contributed by atoms with Gasteiger partial charge in [0.2, 0.25) is 0 Å². The van der Waals surface area contributed by atoms with Crippen molar-refractivity contribution >= 4 is 39.7 Å². The Morgan fingerprint density at radius 1 is 1.09 bits per heavy atom. The van der Waals surface area contributed by atoms with E-state index >= 15 is 0 Å². The third kappa shape index (κ3) is 5.08. The average Bonchev–Trinajstić information content (AvgIpc) is 2.78. The highest BCUT2D eigenvalue weighted by Crippen LogP contribution is 2.31. The third-order valence-corrected chi connectivity index (χ3v) is 4.89. The molecule has 4 rings (SSSR count). The summed E-state index contributed by atoms with van der Waals surface area (Å²) in [5.41, 5.74) is 9.92. The molecule has 0 unspecified atom stereocenters. The van der Waals surface area contributed by atoms with Gasteiger partial charge in [0.05, 0.1) is 16.2 Å². The number of benzene rings is 2. The van der Waals surface area contributed by atoms with Gasteiger partial charge in [-0.15, -0.1) is 0 Å². The van der Waals surface area contributed by atoms with Gasteiger partial charge in [-0.2, -0.15) is 0 Å². The molecule has 0 saturated carbocycles. The lowest BCUT2D eigenvalue weighted by Crippen LogP contribution is -2.00. The molecule has 0 bridgehead atoms. The van der Waals surface area contributed by atoms with Gasteiger partial charge in [-0.05, 0) is 42.5 Å². The number of halogens is 1. The van der Waals surface area contributed by atoms with E-state index in [9.17, 15) is 0 Å². The van der Waals surface area contributed by atoms with Crippen molar-refractivity contribution in [3.05, 3.63) is 77.3 Å². The predicted octanol–water partition coefficient (Wildman–Crippen LogP) is 5.59. The van der Waals surface area contributed by atoms with Crippen LogP contribution in [0.2, 0.25) is 5.02 Å². The summed E-state index contributed by atoms with van der Waals surface area (Å²) in [5, 5.41) is 4.57. The van der Waals surface area contributed by atoms with Crippen molar-refractivity contribution in [1.82, 2.24) is 15.0 Å². The first-order valence-electron chi connectivity index (χ1n) is 10.1.